The number of aliphatic imine (C=N–C) groups is 1. The van der Waals surface area contributed by atoms with Gasteiger partial charge in [0.2, 0.25) is 0 Å². The lowest BCUT2D eigenvalue weighted by molar-refractivity contribution is 0.0963. The van der Waals surface area contributed by atoms with E-state index < -0.39 is 9.84 Å². The van der Waals surface area contributed by atoms with Gasteiger partial charge in [0.15, 0.2) is 15.8 Å². The molecule has 0 heterocycles. The van der Waals surface area contributed by atoms with Crippen LogP contribution in [0, 0.1) is 6.92 Å². The van der Waals surface area contributed by atoms with E-state index in [0.29, 0.717) is 29.5 Å². The molecule has 2 aromatic carbocycles. The summed E-state index contributed by atoms with van der Waals surface area (Å²) in [6.07, 6.45) is 1.96. The summed E-state index contributed by atoms with van der Waals surface area (Å²) >= 11 is 0. The van der Waals surface area contributed by atoms with Crippen LogP contribution in [-0.4, -0.2) is 47.2 Å². The average Bonchev–Trinajstić information content (AvgIpc) is 2.69. The molecule has 0 aliphatic carbocycles. The Labute approximate surface area is 195 Å². The Balaban J connectivity index is 0.00000450. The molecule has 0 atom stereocenters. The van der Waals surface area contributed by atoms with E-state index >= 15 is 0 Å². The van der Waals surface area contributed by atoms with E-state index in [0.717, 1.165) is 23.1 Å². The van der Waals surface area contributed by atoms with Gasteiger partial charge in [0.05, 0.1) is 4.90 Å². The van der Waals surface area contributed by atoms with Crippen LogP contribution in [-0.2, 0) is 22.8 Å². The smallest absolute Gasteiger partial charge is 0.251 e. The van der Waals surface area contributed by atoms with Crippen LogP contribution in [0.4, 0.5) is 0 Å². The van der Waals surface area contributed by atoms with Crippen molar-refractivity contribution in [2.75, 3.05) is 26.9 Å². The predicted octanol–water partition coefficient (Wildman–Crippen LogP) is 2.28. The first-order valence-corrected chi connectivity index (χ1v) is 11.2. The molecular formula is C21H29IN4O3S. The van der Waals surface area contributed by atoms with Crippen molar-refractivity contribution in [2.45, 2.75) is 24.8 Å². The highest BCUT2D eigenvalue weighted by Crippen LogP contribution is 2.16. The largest absolute Gasteiger partial charge is 0.356 e. The highest BCUT2D eigenvalue weighted by atomic mass is 127. The monoisotopic (exact) mass is 544 g/mol. The van der Waals surface area contributed by atoms with E-state index in [2.05, 4.69) is 20.9 Å². The van der Waals surface area contributed by atoms with Gasteiger partial charge in [-0.05, 0) is 48.2 Å². The summed E-state index contributed by atoms with van der Waals surface area (Å²) in [5, 5.41) is 9.09. The van der Waals surface area contributed by atoms with Crippen LogP contribution in [0.15, 0.2) is 52.4 Å². The topological polar surface area (TPSA) is 99.7 Å². The summed E-state index contributed by atoms with van der Waals surface area (Å²) < 4.78 is 23.4. The van der Waals surface area contributed by atoms with Crippen LogP contribution < -0.4 is 16.0 Å². The maximum atomic E-state index is 11.7. The lowest BCUT2D eigenvalue weighted by Gasteiger charge is -2.13. The van der Waals surface area contributed by atoms with Crippen LogP contribution in [0.2, 0.25) is 0 Å². The molecule has 164 valence electrons. The minimum absolute atomic E-state index is 0. The highest BCUT2D eigenvalue weighted by molar-refractivity contribution is 14.0. The number of nitrogens with zero attached hydrogens (tertiary/aromatic N) is 1. The lowest BCUT2D eigenvalue weighted by atomic mass is 10.1. The second-order valence-electron chi connectivity index (χ2n) is 6.75. The molecule has 2 aromatic rings. The van der Waals surface area contributed by atoms with E-state index in [9.17, 15) is 13.2 Å². The van der Waals surface area contributed by atoms with Crippen molar-refractivity contribution in [3.63, 3.8) is 0 Å². The van der Waals surface area contributed by atoms with Gasteiger partial charge < -0.3 is 16.0 Å². The Morgan fingerprint density at radius 3 is 2.40 bits per heavy atom. The zero-order valence-electron chi connectivity index (χ0n) is 17.7. The van der Waals surface area contributed by atoms with E-state index in [1.165, 1.54) is 6.26 Å². The molecule has 0 saturated carbocycles. The van der Waals surface area contributed by atoms with Crippen LogP contribution in [0.3, 0.4) is 0 Å². The Bertz CT molecular complexity index is 1010. The summed E-state index contributed by atoms with van der Waals surface area (Å²) in [6.45, 7) is 2.97. The number of halogens is 1. The molecule has 0 unspecified atom stereocenters. The zero-order valence-corrected chi connectivity index (χ0v) is 20.8. The third-order valence-corrected chi connectivity index (χ3v) is 5.70. The van der Waals surface area contributed by atoms with Crippen molar-refractivity contribution in [3.05, 3.63) is 64.7 Å². The van der Waals surface area contributed by atoms with Crippen LogP contribution in [0.1, 0.15) is 27.0 Å². The molecule has 0 fully saturated rings. The number of rotatable bonds is 7. The number of sulfone groups is 1. The molecule has 3 N–H and O–H groups in total. The molecule has 0 saturated heterocycles. The number of aryl methyl sites for hydroxylation is 1. The van der Waals surface area contributed by atoms with Crippen LogP contribution in [0.25, 0.3) is 0 Å². The second-order valence-corrected chi connectivity index (χ2v) is 8.74. The minimum atomic E-state index is -3.22. The summed E-state index contributed by atoms with van der Waals surface area (Å²) in [5.74, 6) is 0.548. The second kappa shape index (κ2) is 11.9. The third kappa shape index (κ3) is 7.60. The number of amides is 1. The normalized spacial score (nSPS) is 11.4. The number of benzene rings is 2. The Morgan fingerprint density at radius 2 is 1.80 bits per heavy atom. The first kappa shape index (κ1) is 25.9. The summed E-state index contributed by atoms with van der Waals surface area (Å²) in [5.41, 5.74) is 3.39. The summed E-state index contributed by atoms with van der Waals surface area (Å²) in [7, 11) is 0.0911. The summed E-state index contributed by atoms with van der Waals surface area (Å²) in [4.78, 5) is 16.3. The minimum Gasteiger partial charge on any atom is -0.356 e. The molecule has 0 aliphatic heterocycles. The van der Waals surface area contributed by atoms with Gasteiger partial charge in [0.25, 0.3) is 5.91 Å². The summed E-state index contributed by atoms with van der Waals surface area (Å²) in [6, 6.07) is 12.8. The van der Waals surface area contributed by atoms with Crippen LogP contribution in [0.5, 0.6) is 0 Å². The number of guanidine groups is 1. The Hall–Kier alpha value is -2.14. The van der Waals surface area contributed by atoms with E-state index in [4.69, 9.17) is 0 Å². The Kier molecular flexibility index (Phi) is 10.3. The van der Waals surface area contributed by atoms with Gasteiger partial charge in [-0.25, -0.2) is 8.42 Å². The molecule has 0 radical (unpaired) electrons. The molecule has 1 amide bonds. The molecule has 0 aromatic heterocycles. The SMILES string of the molecule is CN=C(NCCc1cccc(C(=O)NC)c1)NCc1ccc(S(C)(=O)=O)c(C)c1.I. The molecule has 0 bridgehead atoms. The van der Waals surface area contributed by atoms with Gasteiger partial charge >= 0.3 is 0 Å². The van der Waals surface area contributed by atoms with E-state index in [1.54, 1.807) is 39.2 Å². The van der Waals surface area contributed by atoms with Crippen molar-refractivity contribution in [3.8, 4) is 0 Å². The van der Waals surface area contributed by atoms with Gasteiger partial charge in [-0.3, -0.25) is 9.79 Å². The maximum absolute atomic E-state index is 11.7. The Morgan fingerprint density at radius 1 is 1.07 bits per heavy atom. The molecular weight excluding hydrogens is 515 g/mol. The molecule has 30 heavy (non-hydrogen) atoms. The van der Waals surface area contributed by atoms with Gasteiger partial charge in [0, 0.05) is 39.0 Å². The van der Waals surface area contributed by atoms with E-state index in [1.807, 2.05) is 24.3 Å². The fourth-order valence-corrected chi connectivity index (χ4v) is 3.94. The zero-order chi connectivity index (χ0) is 21.4. The molecule has 2 rings (SSSR count). The molecule has 0 spiro atoms. The van der Waals surface area contributed by atoms with Gasteiger partial charge in [-0.15, -0.1) is 24.0 Å². The van der Waals surface area contributed by atoms with Gasteiger partial charge in [-0.2, -0.15) is 0 Å². The van der Waals surface area contributed by atoms with Crippen molar-refractivity contribution >= 4 is 45.7 Å². The number of hydrogen-bond donors (Lipinski definition) is 3. The number of nitrogens with one attached hydrogen (secondary N) is 3. The maximum Gasteiger partial charge on any atom is 0.251 e. The lowest BCUT2D eigenvalue weighted by Crippen LogP contribution is -2.37. The van der Waals surface area contributed by atoms with Crippen LogP contribution >= 0.6 is 24.0 Å². The molecule has 0 aliphatic rings. The van der Waals surface area contributed by atoms with Crippen molar-refractivity contribution in [1.82, 2.24) is 16.0 Å². The molecule has 9 heteroatoms. The average molecular weight is 544 g/mol. The molecule has 7 nitrogen and oxygen atoms in total. The fraction of sp³-hybridized carbons (Fsp3) is 0.333. The fourth-order valence-electron chi connectivity index (χ4n) is 2.98. The van der Waals surface area contributed by atoms with E-state index in [-0.39, 0.29) is 29.9 Å². The standard InChI is InChI=1S/C21H28N4O3S.HI/c1-15-12-17(8-9-19(15)29(4,27)28)14-25-21(23-3)24-11-10-16-6-5-7-18(13-16)20(26)22-2;/h5-9,12-13H,10-11,14H2,1-4H3,(H,22,26)(H2,23,24,25);1H. The number of carbonyl (C=O) groups is 1. The van der Waals surface area contributed by atoms with Crippen molar-refractivity contribution in [1.29, 1.82) is 0 Å². The first-order chi connectivity index (χ1) is 13.7. The third-order valence-electron chi connectivity index (χ3n) is 4.44. The quantitative estimate of drug-likeness (QED) is 0.282. The highest BCUT2D eigenvalue weighted by Gasteiger charge is 2.11. The number of hydrogen-bond acceptors (Lipinski definition) is 4. The first-order valence-electron chi connectivity index (χ1n) is 9.29. The number of carbonyl (C=O) groups excluding carboxylic acids is 1. The van der Waals surface area contributed by atoms with Crippen molar-refractivity contribution < 1.29 is 13.2 Å². The van der Waals surface area contributed by atoms with Gasteiger partial charge in [-0.1, -0.05) is 24.3 Å². The van der Waals surface area contributed by atoms with Gasteiger partial charge in [0.1, 0.15) is 0 Å². The predicted molar refractivity (Wildman–Crippen MR) is 131 cm³/mol. The van der Waals surface area contributed by atoms with Crippen molar-refractivity contribution in [2.24, 2.45) is 4.99 Å².